The minimum atomic E-state index is 0.0377. The summed E-state index contributed by atoms with van der Waals surface area (Å²) < 4.78 is 4.18. The number of nitrogens with zero attached hydrogens (tertiary/aromatic N) is 4. The second-order valence-electron chi connectivity index (χ2n) is 3.95. The van der Waals surface area contributed by atoms with Crippen LogP contribution in [-0.4, -0.2) is 19.1 Å². The normalized spacial score (nSPS) is 12.9. The molecule has 2 aromatic heterocycles. The van der Waals surface area contributed by atoms with Crippen LogP contribution in [-0.2, 0) is 13.1 Å². The smallest absolute Gasteiger partial charge is 0.0948 e. The number of nitrogens with two attached hydrogens (primary N) is 1. The van der Waals surface area contributed by atoms with Crippen LogP contribution < -0.4 is 5.73 Å². The molecule has 0 amide bonds. The molecule has 0 saturated carbocycles. The van der Waals surface area contributed by atoms with Crippen molar-refractivity contribution < 1.29 is 0 Å². The van der Waals surface area contributed by atoms with Gasteiger partial charge in [-0.1, -0.05) is 0 Å². The van der Waals surface area contributed by atoms with Crippen LogP contribution in [0.15, 0.2) is 31.2 Å². The Morgan fingerprint density at radius 2 is 2.19 bits per heavy atom. The first-order valence-electron chi connectivity index (χ1n) is 5.48. The second kappa shape index (κ2) is 4.94. The minimum absolute atomic E-state index is 0.0377. The molecular formula is C11H17N5. The summed E-state index contributed by atoms with van der Waals surface area (Å²) in [5, 5.41) is 0. The van der Waals surface area contributed by atoms with Crippen LogP contribution >= 0.6 is 0 Å². The van der Waals surface area contributed by atoms with Crippen LogP contribution in [0.5, 0.6) is 0 Å². The fourth-order valence-corrected chi connectivity index (χ4v) is 1.74. The summed E-state index contributed by atoms with van der Waals surface area (Å²) in [5.41, 5.74) is 6.94. The molecule has 2 N–H and O–H groups in total. The van der Waals surface area contributed by atoms with E-state index in [9.17, 15) is 0 Å². The highest BCUT2D eigenvalue weighted by atomic mass is 15.1. The van der Waals surface area contributed by atoms with Gasteiger partial charge < -0.3 is 14.9 Å². The molecule has 86 valence electrons. The molecule has 0 spiro atoms. The fraction of sp³-hybridized carbons (Fsp3) is 0.455. The molecule has 0 aromatic carbocycles. The quantitative estimate of drug-likeness (QED) is 0.821. The van der Waals surface area contributed by atoms with Gasteiger partial charge in [0.1, 0.15) is 0 Å². The first-order chi connectivity index (χ1) is 7.77. The lowest BCUT2D eigenvalue weighted by Crippen LogP contribution is -2.12. The Kier molecular flexibility index (Phi) is 3.36. The van der Waals surface area contributed by atoms with E-state index >= 15 is 0 Å². The highest BCUT2D eigenvalue weighted by Crippen LogP contribution is 2.09. The average Bonchev–Trinajstić information content (AvgIpc) is 2.87. The van der Waals surface area contributed by atoms with E-state index in [-0.39, 0.29) is 6.04 Å². The molecule has 2 aromatic rings. The molecule has 16 heavy (non-hydrogen) atoms. The summed E-state index contributed by atoms with van der Waals surface area (Å²) in [6, 6.07) is 0.0377. The van der Waals surface area contributed by atoms with Gasteiger partial charge in [0.25, 0.3) is 0 Å². The van der Waals surface area contributed by atoms with Crippen LogP contribution in [0, 0.1) is 0 Å². The molecule has 5 nitrogen and oxygen atoms in total. The van der Waals surface area contributed by atoms with Gasteiger partial charge >= 0.3 is 0 Å². The topological polar surface area (TPSA) is 61.7 Å². The number of imidazole rings is 2. The highest BCUT2D eigenvalue weighted by Gasteiger charge is 2.05. The van der Waals surface area contributed by atoms with Crippen molar-refractivity contribution in [3.05, 3.63) is 36.9 Å². The molecule has 0 aliphatic heterocycles. The van der Waals surface area contributed by atoms with Crippen molar-refractivity contribution in [2.45, 2.75) is 32.5 Å². The van der Waals surface area contributed by atoms with E-state index in [1.165, 1.54) is 0 Å². The Bertz CT molecular complexity index is 415. The molecule has 1 atom stereocenters. The van der Waals surface area contributed by atoms with Crippen molar-refractivity contribution in [2.75, 3.05) is 0 Å². The van der Waals surface area contributed by atoms with Crippen LogP contribution in [0.4, 0.5) is 0 Å². The summed E-state index contributed by atoms with van der Waals surface area (Å²) in [4.78, 5) is 8.13. The standard InChI is InChI=1S/C11H17N5/c1-10(12)11-7-14-9-16(11)5-2-4-15-6-3-13-8-15/h3,6-10H,2,4-5,12H2,1H3/t10-/m1/s1. The van der Waals surface area contributed by atoms with Crippen molar-refractivity contribution in [1.82, 2.24) is 19.1 Å². The van der Waals surface area contributed by atoms with Gasteiger partial charge in [-0.15, -0.1) is 0 Å². The SMILES string of the molecule is C[C@@H](N)c1cncn1CCCn1ccnc1. The molecule has 0 bridgehead atoms. The molecule has 0 fully saturated rings. The first kappa shape index (κ1) is 10.9. The molecule has 5 heteroatoms. The number of aryl methyl sites for hydroxylation is 2. The average molecular weight is 219 g/mol. The molecule has 0 radical (unpaired) electrons. The maximum Gasteiger partial charge on any atom is 0.0948 e. The number of rotatable bonds is 5. The van der Waals surface area contributed by atoms with Crippen molar-refractivity contribution in [1.29, 1.82) is 0 Å². The Morgan fingerprint density at radius 1 is 1.31 bits per heavy atom. The molecular weight excluding hydrogens is 202 g/mol. The maximum atomic E-state index is 5.85. The third-order valence-electron chi connectivity index (χ3n) is 2.59. The molecule has 0 aliphatic carbocycles. The lowest BCUT2D eigenvalue weighted by atomic mass is 10.2. The zero-order chi connectivity index (χ0) is 11.4. The van der Waals surface area contributed by atoms with Crippen molar-refractivity contribution in [3.8, 4) is 0 Å². The molecule has 2 heterocycles. The zero-order valence-corrected chi connectivity index (χ0v) is 9.45. The van der Waals surface area contributed by atoms with Gasteiger partial charge in [-0.05, 0) is 13.3 Å². The third-order valence-corrected chi connectivity index (χ3v) is 2.59. The monoisotopic (exact) mass is 219 g/mol. The predicted octanol–water partition coefficient (Wildman–Crippen LogP) is 1.19. The van der Waals surface area contributed by atoms with E-state index in [4.69, 9.17) is 5.73 Å². The Hall–Kier alpha value is -1.62. The number of hydrogen-bond acceptors (Lipinski definition) is 3. The molecule has 2 rings (SSSR count). The summed E-state index contributed by atoms with van der Waals surface area (Å²) in [6.07, 6.45) is 10.3. The van der Waals surface area contributed by atoms with Gasteiger partial charge in [0.15, 0.2) is 0 Å². The van der Waals surface area contributed by atoms with Crippen LogP contribution in [0.1, 0.15) is 25.1 Å². The van der Waals surface area contributed by atoms with Gasteiger partial charge in [-0.2, -0.15) is 0 Å². The predicted molar refractivity (Wildman–Crippen MR) is 61.7 cm³/mol. The van der Waals surface area contributed by atoms with E-state index in [1.807, 2.05) is 32.0 Å². The largest absolute Gasteiger partial charge is 0.337 e. The van der Waals surface area contributed by atoms with E-state index in [2.05, 4.69) is 19.1 Å². The van der Waals surface area contributed by atoms with Crippen LogP contribution in [0.3, 0.4) is 0 Å². The minimum Gasteiger partial charge on any atom is -0.337 e. The summed E-state index contributed by atoms with van der Waals surface area (Å²) in [6.45, 7) is 3.88. The van der Waals surface area contributed by atoms with E-state index in [0.29, 0.717) is 0 Å². The van der Waals surface area contributed by atoms with E-state index in [1.54, 1.807) is 6.20 Å². The zero-order valence-electron chi connectivity index (χ0n) is 9.45. The Labute approximate surface area is 94.9 Å². The Morgan fingerprint density at radius 3 is 2.88 bits per heavy atom. The summed E-state index contributed by atoms with van der Waals surface area (Å²) in [7, 11) is 0. The first-order valence-corrected chi connectivity index (χ1v) is 5.48. The fourth-order valence-electron chi connectivity index (χ4n) is 1.74. The van der Waals surface area contributed by atoms with Crippen molar-refractivity contribution in [3.63, 3.8) is 0 Å². The van der Waals surface area contributed by atoms with Gasteiger partial charge in [-0.3, -0.25) is 0 Å². The number of hydrogen-bond donors (Lipinski definition) is 1. The Balaban J connectivity index is 1.87. The lowest BCUT2D eigenvalue weighted by Gasteiger charge is -2.10. The van der Waals surface area contributed by atoms with Gasteiger partial charge in [-0.25, -0.2) is 9.97 Å². The summed E-state index contributed by atoms with van der Waals surface area (Å²) in [5.74, 6) is 0. The van der Waals surface area contributed by atoms with E-state index in [0.717, 1.165) is 25.2 Å². The maximum absolute atomic E-state index is 5.85. The second-order valence-corrected chi connectivity index (χ2v) is 3.95. The van der Waals surface area contributed by atoms with Crippen LogP contribution in [0.2, 0.25) is 0 Å². The molecule has 0 aliphatic rings. The summed E-state index contributed by atoms with van der Waals surface area (Å²) >= 11 is 0. The van der Waals surface area contributed by atoms with Crippen LogP contribution in [0.25, 0.3) is 0 Å². The highest BCUT2D eigenvalue weighted by molar-refractivity contribution is 5.02. The molecule has 0 unspecified atom stereocenters. The van der Waals surface area contributed by atoms with Crippen molar-refractivity contribution >= 4 is 0 Å². The van der Waals surface area contributed by atoms with Crippen molar-refractivity contribution in [2.24, 2.45) is 5.73 Å². The van der Waals surface area contributed by atoms with Gasteiger partial charge in [0, 0.05) is 37.7 Å². The van der Waals surface area contributed by atoms with E-state index < -0.39 is 0 Å². The third kappa shape index (κ3) is 2.49. The van der Waals surface area contributed by atoms with Gasteiger partial charge in [0.05, 0.1) is 18.3 Å². The number of aromatic nitrogens is 4. The lowest BCUT2D eigenvalue weighted by molar-refractivity contribution is 0.540. The molecule has 0 saturated heterocycles. The van der Waals surface area contributed by atoms with Gasteiger partial charge in [0.2, 0.25) is 0 Å².